The number of hydrogen-bond donors (Lipinski definition) is 2. The molecule has 19 heavy (non-hydrogen) atoms. The van der Waals surface area contributed by atoms with E-state index < -0.39 is 0 Å². The van der Waals surface area contributed by atoms with Crippen molar-refractivity contribution in [3.63, 3.8) is 0 Å². The van der Waals surface area contributed by atoms with Crippen molar-refractivity contribution in [3.8, 4) is 0 Å². The standard InChI is InChI=1S/C13H14N6/c1-19-8-17-12(18-19)7-16-11-3-2-9-6-15-5-4-10(9)13(11)14/h2-6,8,16H,7,14H2,1H3. The maximum atomic E-state index is 6.15. The fourth-order valence-corrected chi connectivity index (χ4v) is 1.99. The Bertz CT molecular complexity index is 718. The van der Waals surface area contributed by atoms with Gasteiger partial charge in [0.1, 0.15) is 6.33 Å². The van der Waals surface area contributed by atoms with E-state index in [4.69, 9.17) is 5.73 Å². The second kappa shape index (κ2) is 4.56. The topological polar surface area (TPSA) is 81.7 Å². The van der Waals surface area contributed by atoms with Gasteiger partial charge in [0.25, 0.3) is 0 Å². The van der Waals surface area contributed by atoms with Crippen LogP contribution in [0.15, 0.2) is 36.9 Å². The Morgan fingerprint density at radius 1 is 1.32 bits per heavy atom. The molecule has 0 atom stereocenters. The minimum atomic E-state index is 0.543. The van der Waals surface area contributed by atoms with Gasteiger partial charge in [0, 0.05) is 30.2 Å². The first-order chi connectivity index (χ1) is 9.24. The SMILES string of the molecule is Cn1cnc(CNc2ccc3cnccc3c2N)n1. The molecule has 1 aromatic carbocycles. The zero-order chi connectivity index (χ0) is 13.2. The van der Waals surface area contributed by atoms with E-state index in [1.165, 1.54) is 0 Å². The van der Waals surface area contributed by atoms with Crippen molar-refractivity contribution in [1.82, 2.24) is 19.7 Å². The molecule has 0 aliphatic heterocycles. The Morgan fingerprint density at radius 2 is 2.21 bits per heavy atom. The van der Waals surface area contributed by atoms with E-state index in [9.17, 15) is 0 Å². The highest BCUT2D eigenvalue weighted by Crippen LogP contribution is 2.28. The van der Waals surface area contributed by atoms with Gasteiger partial charge in [-0.05, 0) is 12.1 Å². The average Bonchev–Trinajstić information content (AvgIpc) is 2.84. The van der Waals surface area contributed by atoms with Gasteiger partial charge in [-0.1, -0.05) is 6.07 Å². The number of pyridine rings is 1. The number of rotatable bonds is 3. The van der Waals surface area contributed by atoms with E-state index in [1.54, 1.807) is 23.4 Å². The van der Waals surface area contributed by atoms with Crippen molar-refractivity contribution in [3.05, 3.63) is 42.7 Å². The number of benzene rings is 1. The number of fused-ring (bicyclic) bond motifs is 1. The lowest BCUT2D eigenvalue weighted by Crippen LogP contribution is -2.05. The Balaban J connectivity index is 1.87. The number of nitrogens with two attached hydrogens (primary N) is 1. The minimum absolute atomic E-state index is 0.543. The van der Waals surface area contributed by atoms with Gasteiger partial charge in [-0.3, -0.25) is 9.67 Å². The molecule has 3 rings (SSSR count). The molecule has 2 aromatic heterocycles. The molecule has 0 unspecified atom stereocenters. The number of nitrogen functional groups attached to an aromatic ring is 1. The van der Waals surface area contributed by atoms with Crippen LogP contribution in [0, 0.1) is 0 Å². The highest BCUT2D eigenvalue weighted by Gasteiger charge is 2.05. The van der Waals surface area contributed by atoms with Crippen molar-refractivity contribution >= 4 is 22.1 Å². The molecule has 3 aromatic rings. The van der Waals surface area contributed by atoms with Crippen LogP contribution in [0.5, 0.6) is 0 Å². The van der Waals surface area contributed by atoms with Crippen molar-refractivity contribution < 1.29 is 0 Å². The van der Waals surface area contributed by atoms with Gasteiger partial charge in [-0.15, -0.1) is 0 Å². The third-order valence-electron chi connectivity index (χ3n) is 2.95. The molecule has 0 amide bonds. The summed E-state index contributed by atoms with van der Waals surface area (Å²) in [5.74, 6) is 0.733. The summed E-state index contributed by atoms with van der Waals surface area (Å²) >= 11 is 0. The first-order valence-corrected chi connectivity index (χ1v) is 5.94. The van der Waals surface area contributed by atoms with Gasteiger partial charge in [0.2, 0.25) is 0 Å². The molecular weight excluding hydrogens is 240 g/mol. The monoisotopic (exact) mass is 254 g/mol. The lowest BCUT2D eigenvalue weighted by molar-refractivity contribution is 0.747. The summed E-state index contributed by atoms with van der Waals surface area (Å²) in [7, 11) is 1.84. The Hall–Kier alpha value is -2.63. The molecule has 6 heteroatoms. The van der Waals surface area contributed by atoms with Crippen molar-refractivity contribution in [2.24, 2.45) is 7.05 Å². The third-order valence-corrected chi connectivity index (χ3v) is 2.95. The van der Waals surface area contributed by atoms with Gasteiger partial charge in [0.05, 0.1) is 17.9 Å². The lowest BCUT2D eigenvalue weighted by Gasteiger charge is -2.10. The van der Waals surface area contributed by atoms with Gasteiger partial charge >= 0.3 is 0 Å². The Morgan fingerprint density at radius 3 is 3.00 bits per heavy atom. The van der Waals surface area contributed by atoms with Gasteiger partial charge < -0.3 is 11.1 Å². The van der Waals surface area contributed by atoms with Crippen LogP contribution >= 0.6 is 0 Å². The number of nitrogens with zero attached hydrogens (tertiary/aromatic N) is 4. The van der Waals surface area contributed by atoms with Crippen LogP contribution in [0.2, 0.25) is 0 Å². The van der Waals surface area contributed by atoms with Gasteiger partial charge in [-0.2, -0.15) is 5.10 Å². The molecule has 96 valence electrons. The number of anilines is 2. The van der Waals surface area contributed by atoms with Crippen molar-refractivity contribution in [1.29, 1.82) is 0 Å². The van der Waals surface area contributed by atoms with Gasteiger partial charge in [0.15, 0.2) is 5.82 Å². The average molecular weight is 254 g/mol. The van der Waals surface area contributed by atoms with Crippen LogP contribution in [-0.4, -0.2) is 19.7 Å². The van der Waals surface area contributed by atoms with Crippen LogP contribution in [-0.2, 0) is 13.6 Å². The Labute approximate surface area is 110 Å². The molecule has 0 saturated carbocycles. The molecule has 3 N–H and O–H groups in total. The van der Waals surface area contributed by atoms with E-state index in [1.807, 2.05) is 25.2 Å². The van der Waals surface area contributed by atoms with Crippen LogP contribution < -0.4 is 11.1 Å². The van der Waals surface area contributed by atoms with Crippen LogP contribution in [0.4, 0.5) is 11.4 Å². The van der Waals surface area contributed by atoms with Crippen molar-refractivity contribution in [2.75, 3.05) is 11.1 Å². The molecular formula is C13H14N6. The normalized spacial score (nSPS) is 10.8. The predicted octanol–water partition coefficient (Wildman–Crippen LogP) is 1.56. The highest BCUT2D eigenvalue weighted by molar-refractivity contribution is 5.98. The number of hydrogen-bond acceptors (Lipinski definition) is 5. The summed E-state index contributed by atoms with van der Waals surface area (Å²) in [5.41, 5.74) is 7.75. The summed E-state index contributed by atoms with van der Waals surface area (Å²) in [5, 5.41) is 9.48. The maximum absolute atomic E-state index is 6.15. The first-order valence-electron chi connectivity index (χ1n) is 5.94. The second-order valence-electron chi connectivity index (χ2n) is 4.31. The molecule has 0 bridgehead atoms. The lowest BCUT2D eigenvalue weighted by atomic mass is 10.1. The van der Waals surface area contributed by atoms with Crippen LogP contribution in [0.25, 0.3) is 10.8 Å². The molecule has 0 radical (unpaired) electrons. The number of nitrogens with one attached hydrogen (secondary N) is 1. The molecule has 0 aliphatic carbocycles. The van der Waals surface area contributed by atoms with E-state index >= 15 is 0 Å². The molecule has 0 aliphatic rings. The van der Waals surface area contributed by atoms with E-state index in [0.717, 1.165) is 28.0 Å². The van der Waals surface area contributed by atoms with Gasteiger partial charge in [-0.25, -0.2) is 4.98 Å². The van der Waals surface area contributed by atoms with Crippen molar-refractivity contribution in [2.45, 2.75) is 6.54 Å². The van der Waals surface area contributed by atoms with E-state index in [2.05, 4.69) is 20.4 Å². The van der Waals surface area contributed by atoms with E-state index in [0.29, 0.717) is 6.54 Å². The van der Waals surface area contributed by atoms with Crippen LogP contribution in [0.1, 0.15) is 5.82 Å². The summed E-state index contributed by atoms with van der Waals surface area (Å²) in [6.07, 6.45) is 5.21. The molecule has 6 nitrogen and oxygen atoms in total. The summed E-state index contributed by atoms with van der Waals surface area (Å²) < 4.78 is 1.67. The highest BCUT2D eigenvalue weighted by atomic mass is 15.3. The zero-order valence-electron chi connectivity index (χ0n) is 10.5. The number of aryl methyl sites for hydroxylation is 1. The predicted molar refractivity (Wildman–Crippen MR) is 74.5 cm³/mol. The zero-order valence-corrected chi connectivity index (χ0v) is 10.5. The maximum Gasteiger partial charge on any atom is 0.169 e. The minimum Gasteiger partial charge on any atom is -0.397 e. The number of aromatic nitrogens is 4. The molecule has 0 saturated heterocycles. The molecule has 2 heterocycles. The second-order valence-corrected chi connectivity index (χ2v) is 4.31. The summed E-state index contributed by atoms with van der Waals surface area (Å²) in [6, 6.07) is 5.85. The van der Waals surface area contributed by atoms with Crippen LogP contribution in [0.3, 0.4) is 0 Å². The fourth-order valence-electron chi connectivity index (χ4n) is 1.99. The fraction of sp³-hybridized carbons (Fsp3) is 0.154. The first kappa shape index (κ1) is 11.5. The summed E-state index contributed by atoms with van der Waals surface area (Å²) in [4.78, 5) is 8.24. The third kappa shape index (κ3) is 2.20. The smallest absolute Gasteiger partial charge is 0.169 e. The molecule has 0 fully saturated rings. The Kier molecular flexibility index (Phi) is 2.75. The quantitative estimate of drug-likeness (QED) is 0.693. The summed E-state index contributed by atoms with van der Waals surface area (Å²) in [6.45, 7) is 0.543. The molecule has 0 spiro atoms. The largest absolute Gasteiger partial charge is 0.397 e. The van der Waals surface area contributed by atoms with E-state index in [-0.39, 0.29) is 0 Å².